The molecule has 4 saturated carbocycles. The second kappa shape index (κ2) is 5.85. The first kappa shape index (κ1) is 15.8. The molecule has 7 heteroatoms. The van der Waals surface area contributed by atoms with Crippen LogP contribution in [0.5, 0.6) is 0 Å². The second-order valence-electron chi connectivity index (χ2n) is 6.86. The van der Waals surface area contributed by atoms with Crippen molar-refractivity contribution in [2.24, 2.45) is 28.3 Å². The van der Waals surface area contributed by atoms with Gasteiger partial charge in [0.1, 0.15) is 5.03 Å². The van der Waals surface area contributed by atoms with E-state index in [-0.39, 0.29) is 16.4 Å². The summed E-state index contributed by atoms with van der Waals surface area (Å²) in [5.41, 5.74) is 2.23. The maximum absolute atomic E-state index is 12.5. The molecule has 4 fully saturated rings. The molecule has 22 heavy (non-hydrogen) atoms. The van der Waals surface area contributed by atoms with Gasteiger partial charge in [-0.05, 0) is 56.3 Å². The molecular formula is C15H18Cl2N2O3. The van der Waals surface area contributed by atoms with Crippen LogP contribution in [-0.2, 0) is 9.59 Å². The third-order valence-corrected chi connectivity index (χ3v) is 6.01. The van der Waals surface area contributed by atoms with E-state index in [0.29, 0.717) is 17.8 Å². The standard InChI is InChI=1S/C15H18Cl2N2O3/c16-11(12(17)13(20)21)7-18-19-14(22)15-4-8-1-9(5-15)3-10(2-8)6-15/h7-10H,1-6H2,(H,19,22)(H,20,21). The number of carboxylic acid groups (broad SMARTS) is 1. The Morgan fingerprint density at radius 1 is 1.09 bits per heavy atom. The summed E-state index contributed by atoms with van der Waals surface area (Å²) >= 11 is 11.2. The van der Waals surface area contributed by atoms with Gasteiger partial charge >= 0.3 is 5.97 Å². The fourth-order valence-corrected chi connectivity index (χ4v) is 4.99. The zero-order chi connectivity index (χ0) is 15.9. The highest BCUT2D eigenvalue weighted by Gasteiger charge is 2.54. The van der Waals surface area contributed by atoms with E-state index in [1.807, 2.05) is 0 Å². The summed E-state index contributed by atoms with van der Waals surface area (Å²) in [6.07, 6.45) is 7.69. The average Bonchev–Trinajstić information content (AvgIpc) is 2.44. The smallest absolute Gasteiger partial charge is 0.348 e. The van der Waals surface area contributed by atoms with E-state index in [1.54, 1.807) is 0 Å². The van der Waals surface area contributed by atoms with Crippen molar-refractivity contribution in [1.82, 2.24) is 5.43 Å². The second-order valence-corrected chi connectivity index (χ2v) is 7.65. The van der Waals surface area contributed by atoms with Gasteiger partial charge < -0.3 is 5.11 Å². The van der Waals surface area contributed by atoms with Crippen LogP contribution in [0.25, 0.3) is 0 Å². The van der Waals surface area contributed by atoms with Gasteiger partial charge in [0.25, 0.3) is 0 Å². The van der Waals surface area contributed by atoms with Crippen LogP contribution in [0.3, 0.4) is 0 Å². The molecule has 4 aliphatic carbocycles. The molecule has 0 aliphatic heterocycles. The van der Waals surface area contributed by atoms with Crippen molar-refractivity contribution in [3.63, 3.8) is 0 Å². The maximum atomic E-state index is 12.5. The van der Waals surface area contributed by atoms with Gasteiger partial charge in [0.05, 0.1) is 16.7 Å². The number of hydrogen-bond acceptors (Lipinski definition) is 3. The van der Waals surface area contributed by atoms with Crippen molar-refractivity contribution in [2.45, 2.75) is 38.5 Å². The van der Waals surface area contributed by atoms with E-state index in [4.69, 9.17) is 28.3 Å². The van der Waals surface area contributed by atoms with E-state index >= 15 is 0 Å². The number of carbonyl (C=O) groups excluding carboxylic acids is 1. The van der Waals surface area contributed by atoms with E-state index in [0.717, 1.165) is 25.5 Å². The molecule has 5 nitrogen and oxygen atoms in total. The Bertz CT molecular complexity index is 536. The number of halogens is 2. The minimum absolute atomic E-state index is 0.0706. The van der Waals surface area contributed by atoms with E-state index in [9.17, 15) is 9.59 Å². The lowest BCUT2D eigenvalue weighted by atomic mass is 9.49. The minimum atomic E-state index is -1.33. The Morgan fingerprint density at radius 3 is 2.05 bits per heavy atom. The quantitative estimate of drug-likeness (QED) is 0.467. The molecule has 0 heterocycles. The van der Waals surface area contributed by atoms with Crippen molar-refractivity contribution < 1.29 is 14.7 Å². The van der Waals surface area contributed by atoms with Crippen LogP contribution in [-0.4, -0.2) is 23.2 Å². The topological polar surface area (TPSA) is 78.8 Å². The highest BCUT2D eigenvalue weighted by Crippen LogP contribution is 2.60. The summed E-state index contributed by atoms with van der Waals surface area (Å²) in [5.74, 6) is 0.618. The zero-order valence-electron chi connectivity index (χ0n) is 12.0. The Labute approximate surface area is 138 Å². The number of carbonyl (C=O) groups is 2. The number of aliphatic carboxylic acids is 1. The van der Waals surface area contributed by atoms with E-state index < -0.39 is 11.0 Å². The van der Waals surface area contributed by atoms with Gasteiger partial charge in [-0.15, -0.1) is 0 Å². The number of nitrogens with zero attached hydrogens (tertiary/aromatic N) is 1. The fourth-order valence-electron chi connectivity index (χ4n) is 4.81. The monoisotopic (exact) mass is 344 g/mol. The molecule has 0 radical (unpaired) electrons. The Hall–Kier alpha value is -1.07. The maximum Gasteiger partial charge on any atom is 0.348 e. The first-order valence-electron chi connectivity index (χ1n) is 7.52. The molecule has 4 bridgehead atoms. The summed E-state index contributed by atoms with van der Waals surface area (Å²) in [5, 5.41) is 11.7. The van der Waals surface area contributed by atoms with Crippen molar-refractivity contribution in [2.75, 3.05) is 0 Å². The first-order chi connectivity index (χ1) is 10.4. The average molecular weight is 345 g/mol. The summed E-state index contributed by atoms with van der Waals surface area (Å²) in [7, 11) is 0. The number of rotatable bonds is 4. The molecule has 120 valence electrons. The summed E-state index contributed by atoms with van der Waals surface area (Å²) < 4.78 is 0. The number of hydrazone groups is 1. The number of hydrogen-bond donors (Lipinski definition) is 2. The molecule has 0 aromatic rings. The molecule has 0 spiro atoms. The van der Waals surface area contributed by atoms with Crippen LogP contribution in [0.4, 0.5) is 0 Å². The molecule has 0 saturated heterocycles. The number of nitrogens with one attached hydrogen (secondary N) is 1. The predicted molar refractivity (Wildman–Crippen MR) is 83.6 cm³/mol. The third kappa shape index (κ3) is 2.88. The summed E-state index contributed by atoms with van der Waals surface area (Å²) in [4.78, 5) is 23.2. The Balaban J connectivity index is 1.65. The van der Waals surface area contributed by atoms with Crippen LogP contribution in [0.1, 0.15) is 38.5 Å². The number of amides is 1. The largest absolute Gasteiger partial charge is 0.477 e. The lowest BCUT2D eigenvalue weighted by Crippen LogP contribution is -2.52. The van der Waals surface area contributed by atoms with Crippen LogP contribution >= 0.6 is 23.2 Å². The number of allylic oxidation sites excluding steroid dienone is 1. The molecule has 1 amide bonds. The summed E-state index contributed by atoms with van der Waals surface area (Å²) in [6.45, 7) is 0. The minimum Gasteiger partial charge on any atom is -0.477 e. The molecule has 4 aliphatic rings. The van der Waals surface area contributed by atoms with Gasteiger partial charge in [-0.25, -0.2) is 10.2 Å². The van der Waals surface area contributed by atoms with Crippen molar-refractivity contribution in [3.8, 4) is 0 Å². The van der Waals surface area contributed by atoms with Gasteiger partial charge in [0.15, 0.2) is 0 Å². The van der Waals surface area contributed by atoms with Gasteiger partial charge in [-0.1, -0.05) is 23.2 Å². The summed E-state index contributed by atoms with van der Waals surface area (Å²) in [6, 6.07) is 0. The lowest BCUT2D eigenvalue weighted by molar-refractivity contribution is -0.146. The third-order valence-electron chi connectivity index (χ3n) is 5.26. The van der Waals surface area contributed by atoms with Crippen LogP contribution in [0, 0.1) is 23.2 Å². The van der Waals surface area contributed by atoms with Crippen LogP contribution in [0.15, 0.2) is 15.2 Å². The van der Waals surface area contributed by atoms with Crippen LogP contribution < -0.4 is 5.43 Å². The highest BCUT2D eigenvalue weighted by atomic mass is 35.5. The number of carboxylic acids is 1. The van der Waals surface area contributed by atoms with E-state index in [2.05, 4.69) is 10.5 Å². The van der Waals surface area contributed by atoms with Gasteiger partial charge in [0.2, 0.25) is 5.91 Å². The predicted octanol–water partition coefficient (Wildman–Crippen LogP) is 3.08. The van der Waals surface area contributed by atoms with Gasteiger partial charge in [0, 0.05) is 0 Å². The molecule has 2 N–H and O–H groups in total. The van der Waals surface area contributed by atoms with E-state index in [1.165, 1.54) is 19.3 Å². The molecule has 0 unspecified atom stereocenters. The fraction of sp³-hybridized carbons (Fsp3) is 0.667. The molecule has 0 atom stereocenters. The van der Waals surface area contributed by atoms with Crippen molar-refractivity contribution in [1.29, 1.82) is 0 Å². The van der Waals surface area contributed by atoms with Gasteiger partial charge in [-0.3, -0.25) is 4.79 Å². The molecular weight excluding hydrogens is 327 g/mol. The Morgan fingerprint density at radius 2 is 1.59 bits per heavy atom. The Kier molecular flexibility index (Phi) is 4.21. The molecule has 4 rings (SSSR count). The zero-order valence-corrected chi connectivity index (χ0v) is 13.5. The highest BCUT2D eigenvalue weighted by molar-refractivity contribution is 6.51. The SMILES string of the molecule is O=C(O)C(Cl)=C(Cl)C=NNC(=O)C12CC3CC(CC(C3)C1)C2. The molecule has 0 aromatic carbocycles. The van der Waals surface area contributed by atoms with Gasteiger partial charge in [-0.2, -0.15) is 5.10 Å². The van der Waals surface area contributed by atoms with Crippen LogP contribution in [0.2, 0.25) is 0 Å². The normalized spacial score (nSPS) is 37.3. The lowest BCUT2D eigenvalue weighted by Gasteiger charge is -2.55. The van der Waals surface area contributed by atoms with Crippen molar-refractivity contribution in [3.05, 3.63) is 10.1 Å². The van der Waals surface area contributed by atoms with Crippen molar-refractivity contribution >= 4 is 41.3 Å². The molecule has 0 aromatic heterocycles. The first-order valence-corrected chi connectivity index (χ1v) is 8.27.